The molecule has 1 aliphatic heterocycles. The molecule has 2 aliphatic rings. The molecule has 0 unspecified atom stereocenters. The standard InChI is InChI=1S/C16H19N9O8S2/c17-3-7-4-24(23-21-7)5-9-11(13(27)25(9)35(30,31)32)20-12(26)10(8-6-34-15(18)19-8)22-33-16(1-2-16)14(28)29/h4,6,9,11H,1-3,5,17H2,(H2,18,19)(H,20,26)(H,28,29)(H,30,31,32)/t9-,11+/m1/s1. The van der Waals surface area contributed by atoms with Gasteiger partial charge in [0, 0.05) is 31.0 Å². The van der Waals surface area contributed by atoms with Gasteiger partial charge in [-0.15, -0.1) is 16.4 Å². The number of carbonyl (C=O) groups excluding carboxylic acids is 2. The summed E-state index contributed by atoms with van der Waals surface area (Å²) in [6.07, 6.45) is 1.76. The number of carboxylic acid groups (broad SMARTS) is 1. The maximum atomic E-state index is 13.0. The fourth-order valence-corrected chi connectivity index (χ4v) is 4.67. The minimum absolute atomic E-state index is 0.0509. The number of oxime groups is 1. The number of rotatable bonds is 10. The summed E-state index contributed by atoms with van der Waals surface area (Å²) in [5, 5.41) is 24.2. The number of β-lactam (4-membered cyclic amide) rings is 1. The van der Waals surface area contributed by atoms with Gasteiger partial charge in [-0.2, -0.15) is 8.42 Å². The Morgan fingerprint density at radius 2 is 2.11 bits per heavy atom. The third-order valence-electron chi connectivity index (χ3n) is 5.26. The molecule has 2 aromatic heterocycles. The lowest BCUT2D eigenvalue weighted by Crippen LogP contribution is -2.73. The molecule has 35 heavy (non-hydrogen) atoms. The average molecular weight is 530 g/mol. The van der Waals surface area contributed by atoms with Crippen molar-refractivity contribution >= 4 is 50.3 Å². The van der Waals surface area contributed by atoms with Crippen LogP contribution in [0.25, 0.3) is 0 Å². The molecule has 0 radical (unpaired) electrons. The van der Waals surface area contributed by atoms with E-state index in [2.05, 4.69) is 25.8 Å². The lowest BCUT2D eigenvalue weighted by atomic mass is 9.98. The van der Waals surface area contributed by atoms with Crippen molar-refractivity contribution in [2.24, 2.45) is 10.9 Å². The molecular formula is C16H19N9O8S2. The van der Waals surface area contributed by atoms with E-state index in [4.69, 9.17) is 16.3 Å². The van der Waals surface area contributed by atoms with Gasteiger partial charge in [-0.05, 0) is 0 Å². The number of nitrogens with zero attached hydrogens (tertiary/aromatic N) is 6. The number of carboxylic acids is 1. The number of thiazole rings is 1. The van der Waals surface area contributed by atoms with Crippen molar-refractivity contribution in [3.8, 4) is 0 Å². The van der Waals surface area contributed by atoms with Crippen LogP contribution < -0.4 is 16.8 Å². The van der Waals surface area contributed by atoms with Gasteiger partial charge in [-0.3, -0.25) is 18.8 Å². The van der Waals surface area contributed by atoms with E-state index in [9.17, 15) is 32.5 Å². The Balaban J connectivity index is 1.58. The molecule has 188 valence electrons. The summed E-state index contributed by atoms with van der Waals surface area (Å²) in [7, 11) is -4.95. The van der Waals surface area contributed by atoms with Crippen LogP contribution in [0.4, 0.5) is 5.13 Å². The van der Waals surface area contributed by atoms with Crippen LogP contribution in [-0.4, -0.2) is 83.5 Å². The third kappa shape index (κ3) is 4.78. The van der Waals surface area contributed by atoms with Gasteiger partial charge in [0.25, 0.3) is 11.8 Å². The largest absolute Gasteiger partial charge is 0.478 e. The maximum absolute atomic E-state index is 13.0. The van der Waals surface area contributed by atoms with Gasteiger partial charge in [0.2, 0.25) is 5.60 Å². The predicted molar refractivity (Wildman–Crippen MR) is 116 cm³/mol. The van der Waals surface area contributed by atoms with Crippen LogP contribution in [0.3, 0.4) is 0 Å². The van der Waals surface area contributed by atoms with Gasteiger partial charge in [0.05, 0.1) is 18.3 Å². The number of nitrogens with two attached hydrogens (primary N) is 2. The van der Waals surface area contributed by atoms with Gasteiger partial charge < -0.3 is 26.7 Å². The molecule has 7 N–H and O–H groups in total. The van der Waals surface area contributed by atoms with Crippen molar-refractivity contribution in [2.45, 2.75) is 43.6 Å². The Morgan fingerprint density at radius 1 is 1.40 bits per heavy atom. The van der Waals surface area contributed by atoms with E-state index in [0.717, 1.165) is 11.3 Å². The van der Waals surface area contributed by atoms with Crippen LogP contribution in [0.1, 0.15) is 24.2 Å². The number of anilines is 1. The Hall–Kier alpha value is -3.68. The molecule has 0 aromatic carbocycles. The summed E-state index contributed by atoms with van der Waals surface area (Å²) in [6.45, 7) is -0.210. The van der Waals surface area contributed by atoms with E-state index in [-0.39, 0.29) is 41.1 Å². The van der Waals surface area contributed by atoms with Gasteiger partial charge in [0.1, 0.15) is 11.7 Å². The van der Waals surface area contributed by atoms with E-state index in [1.54, 1.807) is 0 Å². The molecule has 1 saturated carbocycles. The highest BCUT2D eigenvalue weighted by Gasteiger charge is 2.56. The second-order valence-electron chi connectivity index (χ2n) is 7.67. The van der Waals surface area contributed by atoms with Gasteiger partial charge in [0.15, 0.2) is 10.8 Å². The third-order valence-corrected chi connectivity index (χ3v) is 6.88. The molecule has 2 amide bonds. The molecule has 19 heteroatoms. The van der Waals surface area contributed by atoms with Crippen molar-refractivity contribution in [1.29, 1.82) is 0 Å². The normalized spacial score (nSPS) is 21.4. The molecule has 3 heterocycles. The topological polar surface area (TPSA) is 258 Å². The highest BCUT2D eigenvalue weighted by molar-refractivity contribution is 7.84. The SMILES string of the molecule is NCc1cn(C[C@@H]2[C@H](NC(=O)C(=NOC3(C(=O)O)CC3)c3csc(N)n3)C(=O)N2S(=O)(=O)O)nn1. The number of nitrogen functional groups attached to an aromatic ring is 1. The first kappa shape index (κ1) is 24.4. The van der Waals surface area contributed by atoms with Crippen LogP contribution in [-0.2, 0) is 42.6 Å². The van der Waals surface area contributed by atoms with Crippen molar-refractivity contribution in [1.82, 2.24) is 29.6 Å². The van der Waals surface area contributed by atoms with Crippen LogP contribution in [0.2, 0.25) is 0 Å². The lowest BCUT2D eigenvalue weighted by molar-refractivity contribution is -0.153. The van der Waals surface area contributed by atoms with Crippen LogP contribution >= 0.6 is 11.3 Å². The van der Waals surface area contributed by atoms with Crippen molar-refractivity contribution in [3.05, 3.63) is 23.0 Å². The van der Waals surface area contributed by atoms with Crippen molar-refractivity contribution in [3.63, 3.8) is 0 Å². The first-order chi connectivity index (χ1) is 16.4. The van der Waals surface area contributed by atoms with E-state index >= 15 is 0 Å². The molecule has 1 aliphatic carbocycles. The zero-order valence-corrected chi connectivity index (χ0v) is 19.3. The summed E-state index contributed by atoms with van der Waals surface area (Å²) >= 11 is 0.973. The smallest absolute Gasteiger partial charge is 0.362 e. The fraction of sp³-hybridized carbons (Fsp3) is 0.438. The first-order valence-corrected chi connectivity index (χ1v) is 12.1. The zero-order chi connectivity index (χ0) is 25.5. The van der Waals surface area contributed by atoms with E-state index in [1.165, 1.54) is 16.3 Å². The summed E-state index contributed by atoms with van der Waals surface area (Å²) in [4.78, 5) is 46.0. The van der Waals surface area contributed by atoms with Crippen LogP contribution in [0.5, 0.6) is 0 Å². The average Bonchev–Trinajstić information content (AvgIpc) is 3.23. The Morgan fingerprint density at radius 3 is 2.63 bits per heavy atom. The fourth-order valence-electron chi connectivity index (χ4n) is 3.25. The minimum Gasteiger partial charge on any atom is -0.478 e. The van der Waals surface area contributed by atoms with Crippen molar-refractivity contribution in [2.75, 3.05) is 5.73 Å². The molecule has 0 bridgehead atoms. The van der Waals surface area contributed by atoms with E-state index < -0.39 is 51.5 Å². The van der Waals surface area contributed by atoms with Crippen LogP contribution in [0, 0.1) is 0 Å². The van der Waals surface area contributed by atoms with Crippen LogP contribution in [0.15, 0.2) is 16.7 Å². The number of hydrogen-bond donors (Lipinski definition) is 5. The lowest BCUT2D eigenvalue weighted by Gasteiger charge is -2.43. The van der Waals surface area contributed by atoms with Gasteiger partial charge in [-0.25, -0.2) is 14.1 Å². The highest BCUT2D eigenvalue weighted by Crippen LogP contribution is 2.40. The Bertz CT molecular complexity index is 1320. The molecule has 2 atom stereocenters. The monoisotopic (exact) mass is 529 g/mol. The second kappa shape index (κ2) is 8.83. The van der Waals surface area contributed by atoms with Crippen molar-refractivity contribution < 1.29 is 37.3 Å². The summed E-state index contributed by atoms with van der Waals surface area (Å²) in [5.74, 6) is -3.40. The number of aliphatic carboxylic acids is 1. The molecule has 1 saturated heterocycles. The molecule has 4 rings (SSSR count). The highest BCUT2D eigenvalue weighted by atomic mass is 32.2. The quantitative estimate of drug-likeness (QED) is 0.0910. The van der Waals surface area contributed by atoms with Gasteiger partial charge >= 0.3 is 16.3 Å². The number of nitrogens with one attached hydrogen (secondary N) is 1. The first-order valence-electron chi connectivity index (χ1n) is 9.87. The molecule has 2 aromatic rings. The Labute approximate surface area is 200 Å². The summed E-state index contributed by atoms with van der Waals surface area (Å²) in [5.41, 5.74) is 9.37. The number of carbonyl (C=O) groups is 3. The number of aromatic nitrogens is 4. The number of amides is 2. The summed E-state index contributed by atoms with van der Waals surface area (Å²) < 4.78 is 34.3. The zero-order valence-electron chi connectivity index (χ0n) is 17.6. The molecular weight excluding hydrogens is 510 g/mol. The summed E-state index contributed by atoms with van der Waals surface area (Å²) in [6, 6.07) is -2.70. The van der Waals surface area contributed by atoms with E-state index in [1.807, 2.05) is 0 Å². The maximum Gasteiger partial charge on any atom is 0.362 e. The minimum atomic E-state index is -4.95. The van der Waals surface area contributed by atoms with Gasteiger partial charge in [-0.1, -0.05) is 10.4 Å². The number of hydrogen-bond acceptors (Lipinski definition) is 13. The Kier molecular flexibility index (Phi) is 6.17. The molecule has 2 fully saturated rings. The second-order valence-corrected chi connectivity index (χ2v) is 9.85. The van der Waals surface area contributed by atoms with E-state index in [0.29, 0.717) is 5.69 Å². The predicted octanol–water partition coefficient (Wildman–Crippen LogP) is -2.69. The molecule has 17 nitrogen and oxygen atoms in total. The molecule has 0 spiro atoms.